The van der Waals surface area contributed by atoms with Crippen LogP contribution in [0, 0.1) is 22.7 Å². The van der Waals surface area contributed by atoms with Gasteiger partial charge in [-0.15, -0.1) is 5.48 Å². The molecule has 0 saturated heterocycles. The highest BCUT2D eigenvalue weighted by Crippen LogP contribution is 2.81. The molecule has 5 rings (SSSR count). The number of hydrogen-bond acceptors (Lipinski definition) is 4. The Morgan fingerprint density at radius 1 is 0.903 bits per heavy atom. The van der Waals surface area contributed by atoms with Crippen molar-refractivity contribution in [1.82, 2.24) is 5.48 Å². The molecule has 1 unspecified atom stereocenters. The summed E-state index contributed by atoms with van der Waals surface area (Å²) in [5, 5.41) is 0. The van der Waals surface area contributed by atoms with Crippen LogP contribution < -0.4 is 5.48 Å². The van der Waals surface area contributed by atoms with Crippen molar-refractivity contribution in [2.75, 3.05) is 0 Å². The van der Waals surface area contributed by atoms with E-state index < -0.39 is 0 Å². The van der Waals surface area contributed by atoms with Gasteiger partial charge in [0.15, 0.2) is 0 Å². The molecule has 1 radical (unpaired) electrons. The molecule has 4 aliphatic carbocycles. The molecular weight excluding hydrogens is 386 g/mol. The van der Waals surface area contributed by atoms with Crippen LogP contribution in [-0.2, 0) is 4.84 Å². The fraction of sp³-hybridized carbons (Fsp3) is 0.704. The molecule has 0 heterocycles. The van der Waals surface area contributed by atoms with E-state index >= 15 is 0 Å². The van der Waals surface area contributed by atoms with Gasteiger partial charge in [0.05, 0.1) is 11.1 Å². The topological polar surface area (TPSA) is 58.2 Å². The maximum atomic E-state index is 13.5. The highest BCUT2D eigenvalue weighted by Gasteiger charge is 2.81. The zero-order valence-corrected chi connectivity index (χ0v) is 19.0. The van der Waals surface area contributed by atoms with Crippen LogP contribution in [-0.4, -0.2) is 17.8 Å². The first-order valence-electron chi connectivity index (χ1n) is 12.7. The molecule has 1 aromatic rings. The molecule has 4 nitrogen and oxygen atoms in total. The van der Waals surface area contributed by atoms with Crippen LogP contribution in [0.15, 0.2) is 24.3 Å². The molecular formula is C27H37NO3+. The minimum atomic E-state index is -0.368. The zero-order valence-electron chi connectivity index (χ0n) is 19.0. The Bertz CT molecular complexity index is 789. The summed E-state index contributed by atoms with van der Waals surface area (Å²) in [5.41, 5.74) is 4.81. The third-order valence-corrected chi connectivity index (χ3v) is 9.37. The molecule has 4 fully saturated rings. The van der Waals surface area contributed by atoms with Crippen molar-refractivity contribution in [3.63, 3.8) is 0 Å². The number of benzene rings is 1. The molecule has 4 heteroatoms. The van der Waals surface area contributed by atoms with Crippen LogP contribution in [0.4, 0.5) is 0 Å². The molecule has 0 aromatic heterocycles. The van der Waals surface area contributed by atoms with E-state index in [1.54, 1.807) is 12.1 Å². The first-order chi connectivity index (χ1) is 15.1. The second-order valence-corrected chi connectivity index (χ2v) is 10.8. The lowest BCUT2D eigenvalue weighted by molar-refractivity contribution is 0.00825. The van der Waals surface area contributed by atoms with Crippen LogP contribution in [0.5, 0.6) is 0 Å². The number of Topliss-reactive ketones (excluding diaryl/α,β-unsaturated/α-hetero) is 1. The Balaban J connectivity index is 1.21. The van der Waals surface area contributed by atoms with Gasteiger partial charge in [-0.1, -0.05) is 44.9 Å². The molecule has 167 valence electrons. The molecule has 0 aliphatic heterocycles. The van der Waals surface area contributed by atoms with Crippen LogP contribution in [0.3, 0.4) is 0 Å². The van der Waals surface area contributed by atoms with E-state index in [2.05, 4.69) is 12.4 Å². The van der Waals surface area contributed by atoms with Gasteiger partial charge in [0.1, 0.15) is 5.92 Å². The predicted molar refractivity (Wildman–Crippen MR) is 121 cm³/mol. The summed E-state index contributed by atoms with van der Waals surface area (Å²) in [7, 11) is 0. The van der Waals surface area contributed by atoms with Crippen molar-refractivity contribution in [2.24, 2.45) is 22.7 Å². The highest BCUT2D eigenvalue weighted by atomic mass is 16.7. The molecule has 1 N–H and O–H groups in total. The first-order valence-corrected chi connectivity index (χ1v) is 12.7. The van der Waals surface area contributed by atoms with E-state index in [1.165, 1.54) is 83.5 Å². The largest absolute Gasteiger partial charge is 0.478 e. The summed E-state index contributed by atoms with van der Waals surface area (Å²) in [6, 6.07) is 7.37. The van der Waals surface area contributed by atoms with E-state index in [4.69, 9.17) is 4.84 Å². The van der Waals surface area contributed by atoms with Crippen molar-refractivity contribution < 1.29 is 14.4 Å². The number of carbonyl (C=O) groups is 2. The monoisotopic (exact) mass is 423 g/mol. The van der Waals surface area contributed by atoms with E-state index in [9.17, 15) is 9.59 Å². The van der Waals surface area contributed by atoms with E-state index in [-0.39, 0.29) is 28.8 Å². The number of nitrogens with one attached hydrogen (secondary N) is 1. The molecule has 1 aromatic carbocycles. The fourth-order valence-electron chi connectivity index (χ4n) is 7.70. The second kappa shape index (κ2) is 8.35. The molecule has 1 atom stereocenters. The van der Waals surface area contributed by atoms with Gasteiger partial charge < -0.3 is 4.84 Å². The Morgan fingerprint density at radius 3 is 1.97 bits per heavy atom. The molecule has 0 spiro atoms. The minimum absolute atomic E-state index is 0.171. The normalized spacial score (nSPS) is 33.6. The average molecular weight is 424 g/mol. The third-order valence-electron chi connectivity index (χ3n) is 9.37. The average Bonchev–Trinajstić information content (AvgIpc) is 3.47. The summed E-state index contributed by atoms with van der Waals surface area (Å²) >= 11 is 0. The minimum Gasteiger partial charge on any atom is -0.366 e. The van der Waals surface area contributed by atoms with Crippen LogP contribution in [0.1, 0.15) is 111 Å². The lowest BCUT2D eigenvalue weighted by atomic mass is 9.71. The van der Waals surface area contributed by atoms with Gasteiger partial charge in [0.2, 0.25) is 4.79 Å². The van der Waals surface area contributed by atoms with Gasteiger partial charge in [-0.25, -0.2) is 4.79 Å². The summed E-state index contributed by atoms with van der Waals surface area (Å²) in [4.78, 5) is 31.4. The maximum Gasteiger partial charge on any atom is 0.478 e. The summed E-state index contributed by atoms with van der Waals surface area (Å²) in [6.07, 6.45) is 16.3. The van der Waals surface area contributed by atoms with Crippen molar-refractivity contribution in [3.05, 3.63) is 35.4 Å². The number of hydroxylamine groups is 1. The molecule has 0 bridgehead atoms. The van der Waals surface area contributed by atoms with Gasteiger partial charge in [-0.2, -0.15) is 0 Å². The van der Waals surface area contributed by atoms with Crippen molar-refractivity contribution >= 4 is 11.8 Å². The van der Waals surface area contributed by atoms with Gasteiger partial charge in [0.25, 0.3) is 0 Å². The third kappa shape index (κ3) is 3.55. The maximum absolute atomic E-state index is 13.5. The van der Waals surface area contributed by atoms with Crippen molar-refractivity contribution in [1.29, 1.82) is 0 Å². The molecule has 0 amide bonds. The number of carbonyl (C=O) groups excluding carboxylic acids is 2. The lowest BCUT2D eigenvalue weighted by Gasteiger charge is -2.33. The fourth-order valence-corrected chi connectivity index (χ4v) is 7.70. The second-order valence-electron chi connectivity index (χ2n) is 10.8. The first kappa shape index (κ1) is 21.2. The molecule has 31 heavy (non-hydrogen) atoms. The highest BCUT2D eigenvalue weighted by molar-refractivity contribution is 6.02. The predicted octanol–water partition coefficient (Wildman–Crippen LogP) is 6.25. The van der Waals surface area contributed by atoms with Crippen molar-refractivity contribution in [3.8, 4) is 0 Å². The van der Waals surface area contributed by atoms with Crippen LogP contribution in [0.2, 0.25) is 0 Å². The Labute approximate surface area is 186 Å². The van der Waals surface area contributed by atoms with E-state index in [0.29, 0.717) is 17.3 Å². The molecule has 4 aliphatic rings. The zero-order chi connectivity index (χ0) is 21.5. The number of hydrogen-bond donors (Lipinski definition) is 1. The van der Waals surface area contributed by atoms with Gasteiger partial charge >= 0.3 is 11.8 Å². The summed E-state index contributed by atoms with van der Waals surface area (Å²) in [5.74, 6) is 0.729. The van der Waals surface area contributed by atoms with E-state index in [1.807, 2.05) is 12.1 Å². The SMILES string of the molecule is CC(NOC(=O)c1ccc(C(=[O+])C2C34CCCCC23CCCC4)cc1)C1CCCCC1. The Morgan fingerprint density at radius 2 is 1.42 bits per heavy atom. The smallest absolute Gasteiger partial charge is 0.366 e. The Hall–Kier alpha value is -1.68. The Kier molecular flexibility index (Phi) is 5.70. The quantitative estimate of drug-likeness (QED) is 0.334. The molecule has 4 saturated carbocycles. The van der Waals surface area contributed by atoms with Crippen LogP contribution in [0.25, 0.3) is 0 Å². The summed E-state index contributed by atoms with van der Waals surface area (Å²) < 4.78 is 0. The number of rotatable bonds is 6. The number of ketones is 1. The van der Waals surface area contributed by atoms with Gasteiger partial charge in [-0.05, 0) is 86.5 Å². The summed E-state index contributed by atoms with van der Waals surface area (Å²) in [6.45, 7) is 2.10. The lowest BCUT2D eigenvalue weighted by Crippen LogP contribution is -2.36. The van der Waals surface area contributed by atoms with Crippen LogP contribution >= 0.6 is 0 Å². The van der Waals surface area contributed by atoms with Crippen molar-refractivity contribution in [2.45, 2.75) is 96.4 Å². The standard InChI is InChI=1S/C27H37NO3/c1-19(20-9-3-2-4-10-20)28-31-25(30)22-13-11-21(12-14-22)23(29)24-26-15-5-6-16-27(24,26)18-8-7-17-26/h11-14,19-20,24,28H,2-10,15-18H2,1H3/q+1. The van der Waals surface area contributed by atoms with Gasteiger partial charge in [-0.3, -0.25) is 0 Å². The van der Waals surface area contributed by atoms with E-state index in [0.717, 1.165) is 5.56 Å². The van der Waals surface area contributed by atoms with Gasteiger partial charge in [0, 0.05) is 6.04 Å².